The fourth-order valence-electron chi connectivity index (χ4n) is 2.60. The zero-order chi connectivity index (χ0) is 21.5. The topological polar surface area (TPSA) is 62.1 Å². The third kappa shape index (κ3) is 5.87. The molecule has 1 N–H and O–H groups in total. The summed E-state index contributed by atoms with van der Waals surface area (Å²) in [6, 6.07) is 21.6. The molecular weight excluding hydrogens is 487 g/mol. The van der Waals surface area contributed by atoms with Crippen molar-refractivity contribution in [1.29, 1.82) is 5.26 Å². The number of nitrogens with zero attached hydrogens (tertiary/aromatic N) is 1. The van der Waals surface area contributed by atoms with E-state index in [4.69, 9.17) is 27.9 Å². The Kier molecular flexibility index (Phi) is 7.53. The van der Waals surface area contributed by atoms with Gasteiger partial charge < -0.3 is 10.1 Å². The molecule has 0 heterocycles. The Balaban J connectivity index is 1.88. The van der Waals surface area contributed by atoms with Gasteiger partial charge in [-0.15, -0.1) is 0 Å². The van der Waals surface area contributed by atoms with Crippen molar-refractivity contribution in [2.24, 2.45) is 0 Å². The van der Waals surface area contributed by atoms with Crippen LogP contribution >= 0.6 is 39.1 Å². The minimum Gasteiger partial charge on any atom is -0.487 e. The molecule has 0 saturated carbocycles. The average Bonchev–Trinajstić information content (AvgIpc) is 2.73. The molecule has 0 aliphatic heterocycles. The fraction of sp³-hybridized carbons (Fsp3) is 0.0435. The number of hydrogen-bond acceptors (Lipinski definition) is 3. The highest BCUT2D eigenvalue weighted by Crippen LogP contribution is 2.34. The standard InChI is InChI=1S/C23H15BrCl2N2O2/c24-18-8-6-15(7-9-18)14-30-22-16(11-19(25)12-21(22)26)10-17(13-27)23(29)28-20-4-2-1-3-5-20/h1-12H,14H2,(H,28,29)/b17-10+. The van der Waals surface area contributed by atoms with Crippen LogP contribution in [0.4, 0.5) is 5.69 Å². The molecule has 0 aromatic heterocycles. The normalized spacial score (nSPS) is 10.9. The lowest BCUT2D eigenvalue weighted by atomic mass is 10.1. The van der Waals surface area contributed by atoms with E-state index < -0.39 is 5.91 Å². The summed E-state index contributed by atoms with van der Waals surface area (Å²) in [6.07, 6.45) is 1.41. The van der Waals surface area contributed by atoms with Gasteiger partial charge in [0.15, 0.2) is 0 Å². The molecule has 0 saturated heterocycles. The number of halogens is 3. The van der Waals surface area contributed by atoms with Gasteiger partial charge in [-0.3, -0.25) is 4.79 Å². The second kappa shape index (κ2) is 10.3. The van der Waals surface area contributed by atoms with Crippen LogP contribution in [0.1, 0.15) is 11.1 Å². The SMILES string of the molecule is N#C/C(=C\c1cc(Cl)cc(Cl)c1OCc1ccc(Br)cc1)C(=O)Nc1ccccc1. The number of anilines is 1. The van der Waals surface area contributed by atoms with Gasteiger partial charge in [0.05, 0.1) is 5.02 Å². The van der Waals surface area contributed by atoms with Crippen LogP contribution < -0.4 is 10.1 Å². The van der Waals surface area contributed by atoms with E-state index in [9.17, 15) is 10.1 Å². The molecule has 4 nitrogen and oxygen atoms in total. The molecule has 0 atom stereocenters. The van der Waals surface area contributed by atoms with Crippen LogP contribution in [0.2, 0.25) is 10.0 Å². The van der Waals surface area contributed by atoms with Gasteiger partial charge in [0.25, 0.3) is 5.91 Å². The zero-order valence-corrected chi connectivity index (χ0v) is 18.6. The monoisotopic (exact) mass is 500 g/mol. The number of nitriles is 1. The van der Waals surface area contributed by atoms with Gasteiger partial charge in [-0.1, -0.05) is 69.5 Å². The quantitative estimate of drug-likeness (QED) is 0.295. The minimum atomic E-state index is -0.543. The summed E-state index contributed by atoms with van der Waals surface area (Å²) in [5.41, 5.74) is 1.84. The molecule has 3 aromatic carbocycles. The molecule has 0 bridgehead atoms. The summed E-state index contributed by atoms with van der Waals surface area (Å²) in [7, 11) is 0. The molecule has 0 radical (unpaired) electrons. The van der Waals surface area contributed by atoms with E-state index in [0.717, 1.165) is 10.0 Å². The molecule has 0 fully saturated rings. The van der Waals surface area contributed by atoms with Crippen molar-refractivity contribution in [1.82, 2.24) is 0 Å². The lowest BCUT2D eigenvalue weighted by Crippen LogP contribution is -2.13. The third-order valence-electron chi connectivity index (χ3n) is 4.03. The number of carbonyl (C=O) groups is 1. The Hall–Kier alpha value is -2.78. The van der Waals surface area contributed by atoms with Crippen molar-refractivity contribution >= 4 is 56.8 Å². The second-order valence-electron chi connectivity index (χ2n) is 6.21. The first-order valence-corrected chi connectivity index (χ1v) is 10.4. The number of benzene rings is 3. The van der Waals surface area contributed by atoms with Crippen molar-refractivity contribution < 1.29 is 9.53 Å². The van der Waals surface area contributed by atoms with E-state index in [1.807, 2.05) is 36.4 Å². The predicted molar refractivity (Wildman–Crippen MR) is 124 cm³/mol. The van der Waals surface area contributed by atoms with Gasteiger partial charge in [0.2, 0.25) is 0 Å². The first kappa shape index (κ1) is 21.9. The fourth-order valence-corrected chi connectivity index (χ4v) is 3.43. The maximum Gasteiger partial charge on any atom is 0.266 e. The summed E-state index contributed by atoms with van der Waals surface area (Å²) in [6.45, 7) is 0.258. The number of nitrogens with one attached hydrogen (secondary N) is 1. The van der Waals surface area contributed by atoms with Crippen LogP contribution in [-0.4, -0.2) is 5.91 Å². The van der Waals surface area contributed by atoms with E-state index >= 15 is 0 Å². The molecule has 1 amide bonds. The smallest absolute Gasteiger partial charge is 0.266 e. The van der Waals surface area contributed by atoms with Crippen LogP contribution in [0.15, 0.2) is 76.8 Å². The number of para-hydroxylation sites is 1. The van der Waals surface area contributed by atoms with Gasteiger partial charge in [-0.05, 0) is 48.0 Å². The highest BCUT2D eigenvalue weighted by atomic mass is 79.9. The van der Waals surface area contributed by atoms with Crippen LogP contribution in [0.5, 0.6) is 5.75 Å². The maximum absolute atomic E-state index is 12.5. The number of rotatable bonds is 6. The summed E-state index contributed by atoms with van der Waals surface area (Å²) in [4.78, 5) is 12.5. The molecule has 3 aromatic rings. The molecule has 7 heteroatoms. The van der Waals surface area contributed by atoms with Crippen molar-refractivity contribution in [3.8, 4) is 11.8 Å². The summed E-state index contributed by atoms with van der Waals surface area (Å²) < 4.78 is 6.86. The van der Waals surface area contributed by atoms with Crippen LogP contribution in [-0.2, 0) is 11.4 Å². The minimum absolute atomic E-state index is 0.106. The van der Waals surface area contributed by atoms with Gasteiger partial charge in [0.1, 0.15) is 24.0 Å². The molecule has 0 aliphatic carbocycles. The zero-order valence-electron chi connectivity index (χ0n) is 15.5. The Morgan fingerprint density at radius 3 is 2.47 bits per heavy atom. The van der Waals surface area contributed by atoms with Crippen molar-refractivity contribution in [3.63, 3.8) is 0 Å². The summed E-state index contributed by atoms with van der Waals surface area (Å²) >= 11 is 15.9. The first-order chi connectivity index (χ1) is 14.5. The highest BCUT2D eigenvalue weighted by molar-refractivity contribution is 9.10. The number of amides is 1. The van der Waals surface area contributed by atoms with E-state index in [0.29, 0.717) is 22.0 Å². The Morgan fingerprint density at radius 2 is 1.80 bits per heavy atom. The first-order valence-electron chi connectivity index (χ1n) is 8.81. The molecule has 0 aliphatic rings. The van der Waals surface area contributed by atoms with E-state index in [2.05, 4.69) is 21.2 Å². The van der Waals surface area contributed by atoms with Crippen molar-refractivity contribution in [2.45, 2.75) is 6.61 Å². The molecular formula is C23H15BrCl2N2O2. The summed E-state index contributed by atoms with van der Waals surface area (Å²) in [5.74, 6) is -0.206. The summed E-state index contributed by atoms with van der Waals surface area (Å²) in [5, 5.41) is 12.8. The van der Waals surface area contributed by atoms with Gasteiger partial charge >= 0.3 is 0 Å². The maximum atomic E-state index is 12.5. The van der Waals surface area contributed by atoms with Crippen LogP contribution in [0, 0.1) is 11.3 Å². The largest absolute Gasteiger partial charge is 0.487 e. The third-order valence-corrected chi connectivity index (χ3v) is 5.06. The number of hydrogen-bond donors (Lipinski definition) is 1. The van der Waals surface area contributed by atoms with E-state index in [1.165, 1.54) is 6.08 Å². The Morgan fingerprint density at radius 1 is 1.10 bits per heavy atom. The Bertz CT molecular complexity index is 1120. The van der Waals surface area contributed by atoms with E-state index in [-0.39, 0.29) is 17.2 Å². The number of carbonyl (C=O) groups excluding carboxylic acids is 1. The van der Waals surface area contributed by atoms with Crippen LogP contribution in [0.3, 0.4) is 0 Å². The lowest BCUT2D eigenvalue weighted by Gasteiger charge is -2.13. The average molecular weight is 502 g/mol. The molecule has 3 rings (SSSR count). The second-order valence-corrected chi connectivity index (χ2v) is 7.97. The Labute approximate surface area is 192 Å². The van der Waals surface area contributed by atoms with Crippen molar-refractivity contribution in [2.75, 3.05) is 5.32 Å². The van der Waals surface area contributed by atoms with Crippen LogP contribution in [0.25, 0.3) is 6.08 Å². The molecule has 0 unspecified atom stereocenters. The van der Waals surface area contributed by atoms with E-state index in [1.54, 1.807) is 36.4 Å². The predicted octanol–water partition coefficient (Wildman–Crippen LogP) is 6.88. The highest BCUT2D eigenvalue weighted by Gasteiger charge is 2.15. The molecule has 150 valence electrons. The van der Waals surface area contributed by atoms with Crippen molar-refractivity contribution in [3.05, 3.63) is 97.9 Å². The van der Waals surface area contributed by atoms with Gasteiger partial charge in [-0.25, -0.2) is 0 Å². The number of ether oxygens (including phenoxy) is 1. The van der Waals surface area contributed by atoms with Gasteiger partial charge in [-0.2, -0.15) is 5.26 Å². The lowest BCUT2D eigenvalue weighted by molar-refractivity contribution is -0.112. The molecule has 0 spiro atoms. The van der Waals surface area contributed by atoms with Gasteiger partial charge in [0, 0.05) is 20.7 Å². The molecule has 30 heavy (non-hydrogen) atoms.